The van der Waals surface area contributed by atoms with Gasteiger partial charge in [0.15, 0.2) is 17.7 Å². The number of nitrogens with one attached hydrogen (secondary N) is 1. The van der Waals surface area contributed by atoms with Gasteiger partial charge in [0.1, 0.15) is 0 Å². The first-order chi connectivity index (χ1) is 11.3. The molecule has 2 aromatic rings. The Balaban J connectivity index is 2.13. The molecule has 0 saturated carbocycles. The molecule has 9 heteroatoms. The quantitative estimate of drug-likeness (QED) is 0.634. The Kier molecular flexibility index (Phi) is 5.58. The van der Waals surface area contributed by atoms with Crippen LogP contribution in [-0.4, -0.2) is 21.9 Å². The van der Waals surface area contributed by atoms with Crippen LogP contribution in [0.15, 0.2) is 30.5 Å². The highest BCUT2D eigenvalue weighted by Gasteiger charge is 2.22. The minimum absolute atomic E-state index is 0.00316. The molecule has 0 saturated heterocycles. The summed E-state index contributed by atoms with van der Waals surface area (Å²) in [6.45, 7) is 3.18. The van der Waals surface area contributed by atoms with E-state index in [0.29, 0.717) is 10.6 Å². The van der Waals surface area contributed by atoms with Crippen molar-refractivity contribution >= 4 is 40.6 Å². The SMILES string of the molecule is Cc1ccc(O[C@@H](C)C(=O)Nc2ncc(Cl)cc2Cl)c([N+](=O)[O-])c1. The number of aryl methyl sites for hydroxylation is 1. The van der Waals surface area contributed by atoms with E-state index in [4.69, 9.17) is 27.9 Å². The second-order valence-electron chi connectivity index (χ2n) is 4.96. The average molecular weight is 370 g/mol. The number of carbonyl (C=O) groups is 1. The number of rotatable bonds is 5. The summed E-state index contributed by atoms with van der Waals surface area (Å²) in [4.78, 5) is 26.6. The molecule has 0 aliphatic rings. The van der Waals surface area contributed by atoms with Crippen LogP contribution in [0.5, 0.6) is 5.75 Å². The first-order valence-electron chi connectivity index (χ1n) is 6.81. The summed E-state index contributed by atoms with van der Waals surface area (Å²) in [5, 5.41) is 14.1. The van der Waals surface area contributed by atoms with Gasteiger partial charge < -0.3 is 10.1 Å². The lowest BCUT2D eigenvalue weighted by molar-refractivity contribution is -0.386. The molecule has 7 nitrogen and oxygen atoms in total. The number of amides is 1. The number of hydrogen-bond donors (Lipinski definition) is 1. The van der Waals surface area contributed by atoms with Gasteiger partial charge in [0.05, 0.1) is 15.0 Å². The van der Waals surface area contributed by atoms with Gasteiger partial charge >= 0.3 is 5.69 Å². The van der Waals surface area contributed by atoms with E-state index in [2.05, 4.69) is 10.3 Å². The van der Waals surface area contributed by atoms with E-state index in [0.717, 1.165) is 0 Å². The van der Waals surface area contributed by atoms with Crippen molar-refractivity contribution in [3.63, 3.8) is 0 Å². The summed E-state index contributed by atoms with van der Waals surface area (Å²) in [7, 11) is 0. The summed E-state index contributed by atoms with van der Waals surface area (Å²) < 4.78 is 5.41. The first kappa shape index (κ1) is 18.0. The Morgan fingerprint density at radius 3 is 2.71 bits per heavy atom. The van der Waals surface area contributed by atoms with Gasteiger partial charge in [0.25, 0.3) is 5.91 Å². The summed E-state index contributed by atoms with van der Waals surface area (Å²) in [5.41, 5.74) is 0.501. The zero-order valence-electron chi connectivity index (χ0n) is 12.7. The topological polar surface area (TPSA) is 94.4 Å². The molecular weight excluding hydrogens is 357 g/mol. The maximum Gasteiger partial charge on any atom is 0.311 e. The van der Waals surface area contributed by atoms with Crippen molar-refractivity contribution in [2.45, 2.75) is 20.0 Å². The monoisotopic (exact) mass is 369 g/mol. The van der Waals surface area contributed by atoms with E-state index in [1.165, 1.54) is 31.3 Å². The zero-order valence-corrected chi connectivity index (χ0v) is 14.3. The van der Waals surface area contributed by atoms with E-state index in [9.17, 15) is 14.9 Å². The molecule has 1 aromatic carbocycles. The molecule has 1 aromatic heterocycles. The highest BCUT2D eigenvalue weighted by atomic mass is 35.5. The Labute approximate surface area is 147 Å². The van der Waals surface area contributed by atoms with E-state index in [1.54, 1.807) is 13.0 Å². The lowest BCUT2D eigenvalue weighted by Crippen LogP contribution is -2.30. The summed E-state index contributed by atoms with van der Waals surface area (Å²) >= 11 is 11.7. The number of benzene rings is 1. The second kappa shape index (κ2) is 7.46. The third-order valence-electron chi connectivity index (χ3n) is 3.03. The van der Waals surface area contributed by atoms with Crippen LogP contribution in [0, 0.1) is 17.0 Å². The standard InChI is InChI=1S/C15H13Cl2N3O4/c1-8-3-4-13(12(5-8)20(22)23)24-9(2)15(21)19-14-11(17)6-10(16)7-18-14/h3-7,9H,1-2H3,(H,18,19,21)/t9-/m0/s1. The minimum Gasteiger partial charge on any atom is -0.474 e. The number of aromatic nitrogens is 1. The number of nitro groups is 1. The van der Waals surface area contributed by atoms with Crippen molar-refractivity contribution in [1.82, 2.24) is 4.98 Å². The Morgan fingerprint density at radius 1 is 1.38 bits per heavy atom. The summed E-state index contributed by atoms with van der Waals surface area (Å²) in [6, 6.07) is 5.91. The first-order valence-corrected chi connectivity index (χ1v) is 7.57. The fraction of sp³-hybridized carbons (Fsp3) is 0.200. The average Bonchev–Trinajstić information content (AvgIpc) is 2.51. The largest absolute Gasteiger partial charge is 0.474 e. The number of nitro benzene ring substituents is 1. The van der Waals surface area contributed by atoms with Gasteiger partial charge in [0, 0.05) is 12.3 Å². The Bertz CT molecular complexity index is 798. The second-order valence-corrected chi connectivity index (χ2v) is 5.81. The predicted octanol–water partition coefficient (Wildman–Crippen LogP) is 4.01. The third-order valence-corrected chi connectivity index (χ3v) is 3.53. The van der Waals surface area contributed by atoms with Crippen LogP contribution >= 0.6 is 23.2 Å². The molecule has 24 heavy (non-hydrogen) atoms. The van der Waals surface area contributed by atoms with Gasteiger partial charge in [-0.25, -0.2) is 4.98 Å². The van der Waals surface area contributed by atoms with E-state index < -0.39 is 16.9 Å². The number of ether oxygens (including phenoxy) is 1. The van der Waals surface area contributed by atoms with Gasteiger partial charge in [-0.05, 0) is 31.5 Å². The lowest BCUT2D eigenvalue weighted by atomic mass is 10.2. The number of anilines is 1. The molecule has 1 amide bonds. The van der Waals surface area contributed by atoms with E-state index in [-0.39, 0.29) is 22.3 Å². The highest BCUT2D eigenvalue weighted by molar-refractivity contribution is 6.36. The Hall–Kier alpha value is -2.38. The number of carbonyl (C=O) groups excluding carboxylic acids is 1. The summed E-state index contributed by atoms with van der Waals surface area (Å²) in [5.74, 6) is -0.426. The van der Waals surface area contributed by atoms with Crippen LogP contribution in [0.4, 0.5) is 11.5 Å². The number of hydrogen-bond acceptors (Lipinski definition) is 5. The number of nitrogens with zero attached hydrogens (tertiary/aromatic N) is 2. The molecular formula is C15H13Cl2N3O4. The third kappa shape index (κ3) is 4.33. The van der Waals surface area contributed by atoms with Crippen LogP contribution in [0.2, 0.25) is 10.0 Å². The zero-order chi connectivity index (χ0) is 17.9. The minimum atomic E-state index is -1.00. The molecule has 0 aliphatic carbocycles. The molecule has 126 valence electrons. The van der Waals surface area contributed by atoms with Gasteiger partial charge in [-0.3, -0.25) is 14.9 Å². The van der Waals surface area contributed by atoms with Crippen molar-refractivity contribution in [2.24, 2.45) is 0 Å². The highest BCUT2D eigenvalue weighted by Crippen LogP contribution is 2.29. The molecule has 0 spiro atoms. The van der Waals surface area contributed by atoms with Crippen LogP contribution < -0.4 is 10.1 Å². The molecule has 0 unspecified atom stereocenters. The smallest absolute Gasteiger partial charge is 0.311 e. The van der Waals surface area contributed by atoms with Crippen molar-refractivity contribution in [2.75, 3.05) is 5.32 Å². The molecule has 1 atom stereocenters. The molecule has 1 heterocycles. The predicted molar refractivity (Wildman–Crippen MR) is 90.8 cm³/mol. The summed E-state index contributed by atoms with van der Waals surface area (Å²) in [6.07, 6.45) is 0.333. The Morgan fingerprint density at radius 2 is 2.08 bits per heavy atom. The van der Waals surface area contributed by atoms with Gasteiger partial charge in [-0.2, -0.15) is 0 Å². The van der Waals surface area contributed by atoms with Crippen LogP contribution in [0.3, 0.4) is 0 Å². The van der Waals surface area contributed by atoms with Gasteiger partial charge in [-0.15, -0.1) is 0 Å². The molecule has 0 aliphatic heterocycles. The number of halogens is 2. The van der Waals surface area contributed by atoms with Crippen molar-refractivity contribution in [3.05, 3.63) is 56.2 Å². The normalized spacial score (nSPS) is 11.7. The van der Waals surface area contributed by atoms with E-state index >= 15 is 0 Å². The van der Waals surface area contributed by atoms with Crippen molar-refractivity contribution in [1.29, 1.82) is 0 Å². The maximum absolute atomic E-state index is 12.2. The van der Waals surface area contributed by atoms with Gasteiger partial charge in [0.2, 0.25) is 0 Å². The molecule has 0 radical (unpaired) electrons. The lowest BCUT2D eigenvalue weighted by Gasteiger charge is -2.15. The molecule has 0 fully saturated rings. The maximum atomic E-state index is 12.2. The molecule has 2 rings (SSSR count). The van der Waals surface area contributed by atoms with Crippen molar-refractivity contribution in [3.8, 4) is 5.75 Å². The van der Waals surface area contributed by atoms with E-state index in [1.807, 2.05) is 0 Å². The van der Waals surface area contributed by atoms with Gasteiger partial charge in [-0.1, -0.05) is 29.3 Å². The number of pyridine rings is 1. The molecule has 1 N–H and O–H groups in total. The fourth-order valence-electron chi connectivity index (χ4n) is 1.84. The van der Waals surface area contributed by atoms with Crippen LogP contribution in [0.25, 0.3) is 0 Å². The molecule has 0 bridgehead atoms. The van der Waals surface area contributed by atoms with Crippen molar-refractivity contribution < 1.29 is 14.5 Å². The van der Waals surface area contributed by atoms with Crippen LogP contribution in [-0.2, 0) is 4.79 Å². The fourth-order valence-corrected chi connectivity index (χ4v) is 2.27. The van der Waals surface area contributed by atoms with Crippen LogP contribution in [0.1, 0.15) is 12.5 Å².